The highest BCUT2D eigenvalue weighted by atomic mass is 16.4. The van der Waals surface area contributed by atoms with Gasteiger partial charge in [0, 0.05) is 6.42 Å². The number of aliphatic carboxylic acids is 1. The van der Waals surface area contributed by atoms with E-state index >= 15 is 0 Å². The summed E-state index contributed by atoms with van der Waals surface area (Å²) in [5.74, 6) is 6.89. The molecule has 3 fully saturated rings. The Morgan fingerprint density at radius 3 is 2.65 bits per heavy atom. The van der Waals surface area contributed by atoms with Crippen molar-refractivity contribution in [1.29, 1.82) is 0 Å². The zero-order chi connectivity index (χ0) is 18.7. The first kappa shape index (κ1) is 19.5. The Kier molecular flexibility index (Phi) is 6.42. The van der Waals surface area contributed by atoms with Crippen LogP contribution in [0.2, 0.25) is 0 Å². The summed E-state index contributed by atoms with van der Waals surface area (Å²) in [6, 6.07) is 0. The van der Waals surface area contributed by atoms with Crippen LogP contribution in [0.4, 0.5) is 0 Å². The Morgan fingerprint density at radius 2 is 1.96 bits per heavy atom. The average Bonchev–Trinajstić information content (AvgIpc) is 2.64. The molecule has 0 aromatic carbocycles. The predicted molar refractivity (Wildman–Crippen MR) is 100 cm³/mol. The van der Waals surface area contributed by atoms with Crippen LogP contribution in [0.5, 0.6) is 0 Å². The first-order valence-corrected chi connectivity index (χ1v) is 10.3. The van der Waals surface area contributed by atoms with E-state index in [4.69, 9.17) is 5.11 Å². The highest BCUT2D eigenvalue weighted by Gasteiger charge is 2.51. The van der Waals surface area contributed by atoms with Crippen LogP contribution in [0.25, 0.3) is 0 Å². The van der Waals surface area contributed by atoms with Crippen LogP contribution >= 0.6 is 0 Å². The van der Waals surface area contributed by atoms with E-state index in [0.717, 1.165) is 25.7 Å². The molecule has 0 heterocycles. The lowest BCUT2D eigenvalue weighted by Gasteiger charge is -2.53. The van der Waals surface area contributed by atoms with Gasteiger partial charge in [-0.05, 0) is 55.8 Å². The summed E-state index contributed by atoms with van der Waals surface area (Å²) < 4.78 is 0. The van der Waals surface area contributed by atoms with E-state index in [0.29, 0.717) is 24.2 Å². The number of hydrogen-bond acceptors (Lipinski definition) is 3. The maximum Gasteiger partial charge on any atom is 0.303 e. The van der Waals surface area contributed by atoms with Gasteiger partial charge in [-0.2, -0.15) is 0 Å². The minimum absolute atomic E-state index is 0.0707. The van der Waals surface area contributed by atoms with Gasteiger partial charge >= 0.3 is 5.97 Å². The molecule has 0 saturated heterocycles. The molecular weight excluding hydrogens is 328 g/mol. The summed E-state index contributed by atoms with van der Waals surface area (Å²) in [6.07, 6.45) is 9.31. The van der Waals surface area contributed by atoms with Crippen molar-refractivity contribution in [2.45, 2.75) is 76.9 Å². The number of aliphatic hydroxyl groups is 2. The third-order valence-corrected chi connectivity index (χ3v) is 6.83. The van der Waals surface area contributed by atoms with Crippen LogP contribution in [-0.2, 0) is 4.79 Å². The first-order valence-electron chi connectivity index (χ1n) is 10.3. The van der Waals surface area contributed by atoms with Gasteiger partial charge in [-0.15, -0.1) is 0 Å². The zero-order valence-corrected chi connectivity index (χ0v) is 15.7. The molecule has 3 rings (SSSR count). The molecule has 6 atom stereocenters. The second-order valence-electron chi connectivity index (χ2n) is 8.41. The number of hydrogen-bond donors (Lipinski definition) is 3. The van der Waals surface area contributed by atoms with Crippen LogP contribution in [0.3, 0.4) is 0 Å². The lowest BCUT2D eigenvalue weighted by atomic mass is 9.51. The molecule has 0 unspecified atom stereocenters. The number of carboxylic acid groups (broad SMARTS) is 1. The Morgan fingerprint density at radius 1 is 1.23 bits per heavy atom. The number of carbonyl (C=O) groups is 1. The Labute approximate surface area is 156 Å². The minimum atomic E-state index is -0.759. The highest BCUT2D eigenvalue weighted by Crippen LogP contribution is 2.55. The van der Waals surface area contributed by atoms with Gasteiger partial charge in [-0.25, -0.2) is 0 Å². The number of aliphatic hydroxyl groups excluding tert-OH is 2. The van der Waals surface area contributed by atoms with Crippen LogP contribution in [-0.4, -0.2) is 33.5 Å². The molecule has 26 heavy (non-hydrogen) atoms. The second kappa shape index (κ2) is 8.59. The summed E-state index contributed by atoms with van der Waals surface area (Å²) in [5, 5.41) is 29.7. The van der Waals surface area contributed by atoms with Crippen molar-refractivity contribution in [3.63, 3.8) is 0 Å². The summed E-state index contributed by atoms with van der Waals surface area (Å²) >= 11 is 0. The molecular formula is C22H32O4. The maximum atomic E-state index is 10.7. The smallest absolute Gasteiger partial charge is 0.303 e. The van der Waals surface area contributed by atoms with Gasteiger partial charge < -0.3 is 15.3 Å². The van der Waals surface area contributed by atoms with Crippen LogP contribution in [0.1, 0.15) is 64.7 Å². The van der Waals surface area contributed by atoms with Gasteiger partial charge in [0.25, 0.3) is 0 Å². The molecule has 0 radical (unpaired) electrons. The second-order valence-corrected chi connectivity index (χ2v) is 8.41. The molecule has 0 aliphatic heterocycles. The molecule has 0 bridgehead atoms. The lowest BCUT2D eigenvalue weighted by molar-refractivity contribution is -0.136. The van der Waals surface area contributed by atoms with Gasteiger partial charge in [-0.3, -0.25) is 4.79 Å². The van der Waals surface area contributed by atoms with E-state index in [1.54, 1.807) is 0 Å². The van der Waals surface area contributed by atoms with Crippen molar-refractivity contribution < 1.29 is 20.1 Å². The molecule has 3 aliphatic carbocycles. The van der Waals surface area contributed by atoms with Crippen LogP contribution in [0.15, 0.2) is 11.6 Å². The summed E-state index contributed by atoms with van der Waals surface area (Å²) in [6.45, 7) is 2.16. The van der Waals surface area contributed by atoms with Crippen molar-refractivity contribution in [2.24, 2.45) is 29.6 Å². The van der Waals surface area contributed by atoms with Crippen molar-refractivity contribution >= 4 is 5.97 Å². The van der Waals surface area contributed by atoms with Gasteiger partial charge in [-0.1, -0.05) is 49.7 Å². The number of rotatable bonds is 4. The third-order valence-electron chi connectivity index (χ3n) is 6.83. The molecule has 0 spiro atoms. The average molecular weight is 360 g/mol. The molecule has 3 N–H and O–H groups in total. The fourth-order valence-corrected chi connectivity index (χ4v) is 5.36. The van der Waals surface area contributed by atoms with Gasteiger partial charge in [0.05, 0.1) is 12.0 Å². The molecule has 4 nitrogen and oxygen atoms in total. The van der Waals surface area contributed by atoms with Crippen LogP contribution in [0, 0.1) is 41.4 Å². The topological polar surface area (TPSA) is 77.8 Å². The van der Waals surface area contributed by atoms with E-state index in [1.165, 1.54) is 24.8 Å². The van der Waals surface area contributed by atoms with Crippen molar-refractivity contribution in [3.05, 3.63) is 11.6 Å². The fraction of sp³-hybridized carbons (Fsp3) is 0.773. The van der Waals surface area contributed by atoms with E-state index in [1.807, 2.05) is 0 Å². The number of fused-ring (bicyclic) bond motifs is 1. The molecule has 4 heteroatoms. The van der Waals surface area contributed by atoms with Gasteiger partial charge in [0.1, 0.15) is 6.10 Å². The molecule has 3 aliphatic rings. The molecule has 0 aromatic heterocycles. The van der Waals surface area contributed by atoms with Crippen LogP contribution < -0.4 is 0 Å². The van der Waals surface area contributed by atoms with E-state index < -0.39 is 18.2 Å². The SMILES string of the molecule is C[C@H]1/C(=C\CCC(=O)O)[C@H]2CC[C@@H](O)[C@H](C#C[C@@H](O)C3CCCCC3)[C@H]21. The lowest BCUT2D eigenvalue weighted by Crippen LogP contribution is -2.50. The van der Waals surface area contributed by atoms with Crippen molar-refractivity contribution in [2.75, 3.05) is 0 Å². The van der Waals surface area contributed by atoms with E-state index in [2.05, 4.69) is 24.8 Å². The van der Waals surface area contributed by atoms with E-state index in [-0.39, 0.29) is 18.3 Å². The summed E-state index contributed by atoms with van der Waals surface area (Å²) in [5.41, 5.74) is 1.35. The zero-order valence-electron chi connectivity index (χ0n) is 15.7. The maximum absolute atomic E-state index is 10.7. The fourth-order valence-electron chi connectivity index (χ4n) is 5.36. The minimum Gasteiger partial charge on any atom is -0.481 e. The Balaban J connectivity index is 1.65. The normalized spacial score (nSPS) is 37.2. The predicted octanol–water partition coefficient (Wildman–Crippen LogP) is 3.38. The first-order chi connectivity index (χ1) is 12.5. The summed E-state index contributed by atoms with van der Waals surface area (Å²) in [7, 11) is 0. The van der Waals surface area contributed by atoms with Crippen molar-refractivity contribution in [1.82, 2.24) is 0 Å². The molecule has 0 amide bonds. The van der Waals surface area contributed by atoms with Gasteiger partial charge in [0.2, 0.25) is 0 Å². The summed E-state index contributed by atoms with van der Waals surface area (Å²) in [4.78, 5) is 10.7. The van der Waals surface area contributed by atoms with E-state index in [9.17, 15) is 15.0 Å². The quantitative estimate of drug-likeness (QED) is 0.530. The standard InChI is InChI=1S/C22H32O4/c1-14-16(8-5-9-21(25)26)17-10-13-20(24)18(22(14)17)11-12-19(23)15-6-3-2-4-7-15/h8,14-15,17-20,22-24H,2-7,9-10,13H2,1H3,(H,25,26)/b16-8+/t14-,17+,18-,19+,20+,22-/m0/s1. The number of carboxylic acids is 1. The Hall–Kier alpha value is -1.31. The van der Waals surface area contributed by atoms with Crippen molar-refractivity contribution in [3.8, 4) is 11.8 Å². The molecule has 144 valence electrons. The monoisotopic (exact) mass is 360 g/mol. The largest absolute Gasteiger partial charge is 0.481 e. The van der Waals surface area contributed by atoms with Gasteiger partial charge in [0.15, 0.2) is 0 Å². The third kappa shape index (κ3) is 4.15. The highest BCUT2D eigenvalue weighted by molar-refractivity contribution is 5.66. The molecule has 3 saturated carbocycles. The molecule has 0 aromatic rings. The Bertz CT molecular complexity index is 593. The number of allylic oxidation sites excluding steroid dienone is 2.